The molecule has 7 rings (SSSR count). The second-order valence-electron chi connectivity index (χ2n) is 28.6. The normalized spacial score (nSPS) is 26.6. The molecule has 4 saturated carbocycles. The molecule has 8 unspecified atom stereocenters. The van der Waals surface area contributed by atoms with Crippen LogP contribution < -0.4 is 10.6 Å². The van der Waals surface area contributed by atoms with Crippen molar-refractivity contribution in [2.24, 2.45) is 52.3 Å². The number of alkyl carbamates (subject to hydrolysis) is 1. The van der Waals surface area contributed by atoms with E-state index in [2.05, 4.69) is 31.4 Å². The first kappa shape index (κ1) is 62.1. The van der Waals surface area contributed by atoms with E-state index < -0.39 is 101 Å². The van der Waals surface area contributed by atoms with Crippen LogP contribution in [0.25, 0.3) is 11.1 Å². The third-order valence-corrected chi connectivity index (χ3v) is 18.1. The Bertz CT molecular complexity index is 2530. The third-order valence-electron chi connectivity index (χ3n) is 18.1. The van der Waals surface area contributed by atoms with E-state index in [1.807, 2.05) is 90.1 Å². The van der Waals surface area contributed by atoms with Gasteiger partial charge in [0.1, 0.15) is 47.2 Å². The Morgan fingerprint density at radius 1 is 0.575 bits per heavy atom. The van der Waals surface area contributed by atoms with Crippen molar-refractivity contribution >= 4 is 41.8 Å². The molecule has 5 aliphatic rings. The van der Waals surface area contributed by atoms with Gasteiger partial charge in [0, 0.05) is 5.92 Å². The minimum absolute atomic E-state index is 0.0364. The minimum Gasteiger partial charge on any atom is -0.461 e. The quantitative estimate of drug-likeness (QED) is 0.0862. The number of nitrogens with one attached hydrogen (secondary N) is 2. The monoisotopic (exact) mass is 1110 g/mol. The molecule has 15 nitrogen and oxygen atoms in total. The van der Waals surface area contributed by atoms with Crippen LogP contribution in [-0.4, -0.2) is 89.0 Å². The summed E-state index contributed by atoms with van der Waals surface area (Å²) in [6.07, 6.45) is 7.26. The predicted molar refractivity (Wildman–Crippen MR) is 304 cm³/mol. The highest BCUT2D eigenvalue weighted by Gasteiger charge is 2.61. The predicted octanol–water partition coefficient (Wildman–Crippen LogP) is 12.1. The molecule has 80 heavy (non-hydrogen) atoms. The molecule has 0 spiro atoms. The summed E-state index contributed by atoms with van der Waals surface area (Å²) in [5, 5.41) is 5.22. The number of hydrogen-bond acceptors (Lipinski definition) is 13. The van der Waals surface area contributed by atoms with Crippen molar-refractivity contribution in [3.05, 3.63) is 59.7 Å². The summed E-state index contributed by atoms with van der Waals surface area (Å²) >= 11 is 0. The molecule has 0 saturated heterocycles. The molecule has 2 aromatic carbocycles. The summed E-state index contributed by atoms with van der Waals surface area (Å²) in [7, 11) is 0. The molecular formula is C65H94N2O13. The number of esters is 5. The summed E-state index contributed by atoms with van der Waals surface area (Å²) in [6, 6.07) is 12.8. The lowest BCUT2D eigenvalue weighted by molar-refractivity contribution is -0.175. The van der Waals surface area contributed by atoms with E-state index >= 15 is 0 Å². The Kier molecular flexibility index (Phi) is 18.8. The number of rotatable bonds is 17. The summed E-state index contributed by atoms with van der Waals surface area (Å²) < 4.78 is 34.7. The van der Waals surface area contributed by atoms with Crippen LogP contribution in [0.3, 0.4) is 0 Å². The highest BCUT2D eigenvalue weighted by Crippen LogP contribution is 2.68. The van der Waals surface area contributed by atoms with Crippen LogP contribution in [0.15, 0.2) is 48.5 Å². The number of hydrogen-bond donors (Lipinski definition) is 2. The fraction of sp³-hybridized carbons (Fsp3) is 0.708. The zero-order chi connectivity index (χ0) is 58.9. The second kappa shape index (κ2) is 24.2. The van der Waals surface area contributed by atoms with Gasteiger partial charge in [0.2, 0.25) is 5.91 Å². The molecule has 0 heterocycles. The Hall–Kier alpha value is -5.47. The molecule has 0 aromatic heterocycles. The smallest absolute Gasteiger partial charge is 0.407 e. The fourth-order valence-corrected chi connectivity index (χ4v) is 14.8. The summed E-state index contributed by atoms with van der Waals surface area (Å²) in [5.74, 6) is -2.82. The Balaban J connectivity index is 0.999. The van der Waals surface area contributed by atoms with Gasteiger partial charge in [-0.25, -0.2) is 9.59 Å². The van der Waals surface area contributed by atoms with Crippen LogP contribution in [0.2, 0.25) is 0 Å². The molecule has 442 valence electrons. The van der Waals surface area contributed by atoms with E-state index in [0.717, 1.165) is 73.6 Å². The van der Waals surface area contributed by atoms with Gasteiger partial charge in [0.05, 0.1) is 12.8 Å². The van der Waals surface area contributed by atoms with Crippen LogP contribution in [0.4, 0.5) is 4.79 Å². The van der Waals surface area contributed by atoms with Gasteiger partial charge in [-0.3, -0.25) is 24.0 Å². The molecule has 0 aliphatic heterocycles. The zero-order valence-corrected chi connectivity index (χ0v) is 50.7. The van der Waals surface area contributed by atoms with Gasteiger partial charge in [-0.05, 0) is 222 Å². The number of carbonyl (C=O) groups is 7. The van der Waals surface area contributed by atoms with Crippen molar-refractivity contribution in [3.63, 3.8) is 0 Å². The summed E-state index contributed by atoms with van der Waals surface area (Å²) in [4.78, 5) is 96.1. The molecule has 0 bridgehead atoms. The summed E-state index contributed by atoms with van der Waals surface area (Å²) in [5.41, 5.74) is 1.00. The molecule has 15 heteroatoms. The molecule has 2 amide bonds. The van der Waals surface area contributed by atoms with Crippen molar-refractivity contribution < 1.29 is 62.0 Å². The maximum atomic E-state index is 14.4. The average Bonchev–Trinajstić information content (AvgIpc) is 3.96. The molecular weight excluding hydrogens is 1020 g/mol. The lowest BCUT2D eigenvalue weighted by atomic mass is 9.44. The molecule has 0 radical (unpaired) electrons. The number of fused-ring (bicyclic) bond motifs is 8. The average molecular weight is 1110 g/mol. The lowest BCUT2D eigenvalue weighted by Gasteiger charge is -2.61. The first-order valence-electron chi connectivity index (χ1n) is 29.7. The van der Waals surface area contributed by atoms with Crippen LogP contribution in [0.1, 0.15) is 204 Å². The van der Waals surface area contributed by atoms with Gasteiger partial charge in [0.15, 0.2) is 5.92 Å². The van der Waals surface area contributed by atoms with Gasteiger partial charge < -0.3 is 39.1 Å². The van der Waals surface area contributed by atoms with Gasteiger partial charge in [-0.15, -0.1) is 0 Å². The van der Waals surface area contributed by atoms with Crippen LogP contribution in [0, 0.1) is 52.3 Å². The molecule has 2 N–H and O–H groups in total. The van der Waals surface area contributed by atoms with Gasteiger partial charge in [0.25, 0.3) is 0 Å². The molecule has 11 atom stereocenters. The van der Waals surface area contributed by atoms with Crippen molar-refractivity contribution in [1.29, 1.82) is 0 Å². The standard InChI is InChI=1S/C65H94N2O13/c1-38(24-26-46(56(71)79-62(8,9)10)57(72)80-63(11,12)13)48-28-29-49-45-27-25-39-34-40(30-32-64(39,14)50(45)31-33-65(48,49)15)76-58(73)52(36-54(69)78-61(5,6)7)66-55(70)51(35-53(68)77-60(2,3)4)67-59(74)75-37-47-43-22-18-16-20-41(43)42-21-17-19-23-44(42)47/h16-23,38-40,45-52H,24-37H2,1-15H3,(H,66,70)(H,67,74)/t38-,39?,40-,45?,48?,49?,50?,51?,52+,64?,65?/m1/s1. The van der Waals surface area contributed by atoms with Crippen LogP contribution in [0.5, 0.6) is 0 Å². The number of benzene rings is 2. The third kappa shape index (κ3) is 15.1. The SMILES string of the molecule is C[C@H](CCC(C(=O)OC(C)(C)C)C(=O)OC(C)(C)C)C1CCC2C3CCC4C[C@H](OC(=O)[C@H](CC(=O)OC(C)(C)C)NC(=O)C(CC(=O)OC(C)(C)C)NC(=O)OCC5c6ccccc6-c6ccccc65)CCC4(C)C3CCC21C. The fourth-order valence-electron chi connectivity index (χ4n) is 14.8. The van der Waals surface area contributed by atoms with E-state index in [1.165, 1.54) is 0 Å². The topological polar surface area (TPSA) is 199 Å². The zero-order valence-electron chi connectivity index (χ0n) is 50.7. The number of ether oxygens (including phenoxy) is 6. The van der Waals surface area contributed by atoms with Crippen LogP contribution in [-0.2, 0) is 57.2 Å². The first-order chi connectivity index (χ1) is 37.1. The van der Waals surface area contributed by atoms with Crippen molar-refractivity contribution in [2.45, 2.75) is 234 Å². The van der Waals surface area contributed by atoms with Crippen molar-refractivity contribution in [1.82, 2.24) is 10.6 Å². The Morgan fingerprint density at radius 2 is 1.09 bits per heavy atom. The van der Waals surface area contributed by atoms with Gasteiger partial charge >= 0.3 is 35.9 Å². The second-order valence-corrected chi connectivity index (χ2v) is 28.6. The van der Waals surface area contributed by atoms with Crippen LogP contribution >= 0.6 is 0 Å². The van der Waals surface area contributed by atoms with Crippen molar-refractivity contribution in [3.8, 4) is 11.1 Å². The van der Waals surface area contributed by atoms with E-state index in [0.29, 0.717) is 54.8 Å². The first-order valence-corrected chi connectivity index (χ1v) is 29.7. The van der Waals surface area contributed by atoms with Gasteiger partial charge in [-0.1, -0.05) is 69.3 Å². The molecule has 5 aliphatic carbocycles. The van der Waals surface area contributed by atoms with E-state index in [-0.39, 0.29) is 23.4 Å². The Labute approximate surface area is 476 Å². The highest BCUT2D eigenvalue weighted by atomic mass is 16.6. The van der Waals surface area contributed by atoms with E-state index in [9.17, 15) is 33.6 Å². The number of carbonyl (C=O) groups excluding carboxylic acids is 7. The Morgan fingerprint density at radius 3 is 1.64 bits per heavy atom. The van der Waals surface area contributed by atoms with Gasteiger partial charge in [-0.2, -0.15) is 0 Å². The number of amides is 2. The summed E-state index contributed by atoms with van der Waals surface area (Å²) in [6.45, 7) is 28.2. The lowest BCUT2D eigenvalue weighted by Crippen LogP contribution is -2.55. The van der Waals surface area contributed by atoms with E-state index in [1.54, 1.807) is 41.5 Å². The maximum Gasteiger partial charge on any atom is 0.407 e. The van der Waals surface area contributed by atoms with E-state index in [4.69, 9.17) is 28.4 Å². The largest absolute Gasteiger partial charge is 0.461 e. The minimum atomic E-state index is -1.55. The molecule has 4 fully saturated rings. The van der Waals surface area contributed by atoms with Crippen molar-refractivity contribution in [2.75, 3.05) is 6.61 Å². The highest BCUT2D eigenvalue weighted by molar-refractivity contribution is 5.95. The maximum absolute atomic E-state index is 14.4. The molecule has 2 aromatic rings.